The molecule has 172 valence electrons. The highest BCUT2D eigenvalue weighted by atomic mass is 16.6. The number of amides is 1. The molecule has 0 saturated heterocycles. The van der Waals surface area contributed by atoms with Crippen LogP contribution in [0.25, 0.3) is 0 Å². The maximum atomic E-state index is 12.8. The van der Waals surface area contributed by atoms with E-state index in [2.05, 4.69) is 10.6 Å². The van der Waals surface area contributed by atoms with Crippen LogP contribution >= 0.6 is 0 Å². The molecular weight excluding hydrogens is 422 g/mol. The minimum atomic E-state index is -0.890. The Morgan fingerprint density at radius 1 is 1.03 bits per heavy atom. The summed E-state index contributed by atoms with van der Waals surface area (Å²) < 4.78 is 5.23. The van der Waals surface area contributed by atoms with Crippen molar-refractivity contribution in [1.29, 1.82) is 0 Å². The molecule has 0 heterocycles. The number of aliphatic hydroxyl groups excluding tert-OH is 1. The number of carbonyl (C=O) groups excluding carboxylic acids is 1. The smallest absolute Gasteiger partial charge is 0.270 e. The third-order valence-corrected chi connectivity index (χ3v) is 5.22. The van der Waals surface area contributed by atoms with E-state index in [1.54, 1.807) is 7.11 Å². The molecule has 3 N–H and O–H groups in total. The van der Waals surface area contributed by atoms with Gasteiger partial charge in [-0.25, -0.2) is 0 Å². The van der Waals surface area contributed by atoms with Crippen LogP contribution in [0, 0.1) is 10.1 Å². The van der Waals surface area contributed by atoms with Gasteiger partial charge in [0.2, 0.25) is 0 Å². The average Bonchev–Trinajstić information content (AvgIpc) is 2.84. The van der Waals surface area contributed by atoms with E-state index in [0.717, 1.165) is 16.9 Å². The van der Waals surface area contributed by atoms with E-state index in [1.165, 1.54) is 24.3 Å². The van der Waals surface area contributed by atoms with Crippen LogP contribution in [0.2, 0.25) is 0 Å². The van der Waals surface area contributed by atoms with Crippen LogP contribution in [0.5, 0.6) is 5.75 Å². The fraction of sp³-hybridized carbons (Fsp3) is 0.240. The lowest BCUT2D eigenvalue weighted by Gasteiger charge is -2.25. The quantitative estimate of drug-likeness (QED) is 0.306. The van der Waals surface area contributed by atoms with Gasteiger partial charge in [-0.2, -0.15) is 0 Å². The van der Waals surface area contributed by atoms with Crippen LogP contribution in [-0.2, 0) is 13.0 Å². The second kappa shape index (κ2) is 11.8. The first-order valence-electron chi connectivity index (χ1n) is 10.6. The molecule has 8 nitrogen and oxygen atoms in total. The van der Waals surface area contributed by atoms with Gasteiger partial charge in [0.15, 0.2) is 0 Å². The Morgan fingerprint density at radius 3 is 2.48 bits per heavy atom. The molecule has 0 fully saturated rings. The van der Waals surface area contributed by atoms with Crippen LogP contribution in [-0.4, -0.2) is 41.7 Å². The zero-order valence-electron chi connectivity index (χ0n) is 18.3. The first-order valence-corrected chi connectivity index (χ1v) is 10.6. The number of rotatable bonds is 11. The molecule has 2 atom stereocenters. The van der Waals surface area contributed by atoms with Gasteiger partial charge in [-0.15, -0.1) is 0 Å². The second-order valence-electron chi connectivity index (χ2n) is 7.63. The van der Waals surface area contributed by atoms with Crippen LogP contribution < -0.4 is 15.4 Å². The fourth-order valence-corrected chi connectivity index (χ4v) is 3.45. The summed E-state index contributed by atoms with van der Waals surface area (Å²) in [7, 11) is 1.61. The molecule has 0 unspecified atom stereocenters. The van der Waals surface area contributed by atoms with Crippen molar-refractivity contribution in [3.05, 3.63) is 106 Å². The van der Waals surface area contributed by atoms with E-state index >= 15 is 0 Å². The van der Waals surface area contributed by atoms with E-state index in [-0.39, 0.29) is 17.8 Å². The van der Waals surface area contributed by atoms with Gasteiger partial charge in [0.1, 0.15) is 5.75 Å². The topological polar surface area (TPSA) is 114 Å². The van der Waals surface area contributed by atoms with Gasteiger partial charge in [0.25, 0.3) is 11.6 Å². The molecule has 0 aliphatic rings. The van der Waals surface area contributed by atoms with Crippen molar-refractivity contribution in [2.45, 2.75) is 25.1 Å². The van der Waals surface area contributed by atoms with Crippen LogP contribution in [0.3, 0.4) is 0 Å². The third kappa shape index (κ3) is 7.13. The van der Waals surface area contributed by atoms with Gasteiger partial charge >= 0.3 is 0 Å². The van der Waals surface area contributed by atoms with Gasteiger partial charge < -0.3 is 20.5 Å². The summed E-state index contributed by atoms with van der Waals surface area (Å²) in [5, 5.41) is 28.0. The summed E-state index contributed by atoms with van der Waals surface area (Å²) in [6, 6.07) is 22.1. The molecule has 33 heavy (non-hydrogen) atoms. The molecule has 0 aromatic heterocycles. The first kappa shape index (κ1) is 23.9. The van der Waals surface area contributed by atoms with E-state index in [9.17, 15) is 20.0 Å². The number of ether oxygens (including phenoxy) is 1. The number of methoxy groups -OCH3 is 1. The van der Waals surface area contributed by atoms with Gasteiger partial charge in [-0.05, 0) is 35.7 Å². The SMILES string of the molecule is COc1cccc(CNC[C@@H](O)[C@H](Cc2ccccc2)NC(=O)c2cccc([N+](=O)[O-])c2)c1. The zero-order valence-corrected chi connectivity index (χ0v) is 18.3. The lowest BCUT2D eigenvalue weighted by Crippen LogP contribution is -2.48. The summed E-state index contributed by atoms with van der Waals surface area (Å²) in [4.78, 5) is 23.3. The Hall–Kier alpha value is -3.75. The molecule has 3 aromatic carbocycles. The summed E-state index contributed by atoms with van der Waals surface area (Å²) in [6.07, 6.45) is -0.484. The molecule has 1 amide bonds. The number of nitro groups is 1. The van der Waals surface area contributed by atoms with Crippen LogP contribution in [0.4, 0.5) is 5.69 Å². The minimum absolute atomic E-state index is 0.164. The molecule has 0 spiro atoms. The molecule has 0 bridgehead atoms. The van der Waals surface area contributed by atoms with Crippen molar-refractivity contribution in [3.8, 4) is 5.75 Å². The molecular formula is C25H27N3O5. The standard InChI is InChI=1S/C25H27N3O5/c1-33-22-12-5-9-19(13-22)16-26-17-24(29)23(14-18-7-3-2-4-8-18)27-25(30)20-10-6-11-21(15-20)28(31)32/h2-13,15,23-24,26,29H,14,16-17H2,1H3,(H,27,30)/t23-,24+/m0/s1. The van der Waals surface area contributed by atoms with Crippen molar-refractivity contribution < 1.29 is 19.6 Å². The monoisotopic (exact) mass is 449 g/mol. The number of nitrogens with one attached hydrogen (secondary N) is 2. The van der Waals surface area contributed by atoms with Gasteiger partial charge in [0.05, 0.1) is 24.2 Å². The number of aliphatic hydroxyl groups is 1. The lowest BCUT2D eigenvalue weighted by molar-refractivity contribution is -0.384. The molecule has 8 heteroatoms. The Balaban J connectivity index is 1.68. The predicted octanol–water partition coefficient (Wildman–Crippen LogP) is 3.10. The van der Waals surface area contributed by atoms with E-state index < -0.39 is 23.0 Å². The van der Waals surface area contributed by atoms with Crippen molar-refractivity contribution in [2.24, 2.45) is 0 Å². The van der Waals surface area contributed by atoms with Crippen molar-refractivity contribution in [3.63, 3.8) is 0 Å². The maximum absolute atomic E-state index is 12.8. The number of hydrogen-bond donors (Lipinski definition) is 3. The molecule has 0 aliphatic heterocycles. The number of carbonyl (C=O) groups is 1. The van der Waals surface area contributed by atoms with Crippen LogP contribution in [0.15, 0.2) is 78.9 Å². The van der Waals surface area contributed by atoms with E-state index in [4.69, 9.17) is 4.74 Å². The summed E-state index contributed by atoms with van der Waals surface area (Å²) >= 11 is 0. The summed E-state index contributed by atoms with van der Waals surface area (Å²) in [5.41, 5.74) is 1.96. The van der Waals surface area contributed by atoms with Gasteiger partial charge in [-0.3, -0.25) is 14.9 Å². The van der Waals surface area contributed by atoms with Gasteiger partial charge in [0, 0.05) is 30.8 Å². The molecule has 0 saturated carbocycles. The highest BCUT2D eigenvalue weighted by Crippen LogP contribution is 2.15. The molecule has 3 aromatic rings. The Bertz CT molecular complexity index is 1070. The average molecular weight is 450 g/mol. The highest BCUT2D eigenvalue weighted by molar-refractivity contribution is 5.95. The summed E-state index contributed by atoms with van der Waals surface area (Å²) in [5.74, 6) is 0.271. The molecule has 0 radical (unpaired) electrons. The summed E-state index contributed by atoms with van der Waals surface area (Å²) in [6.45, 7) is 0.759. The number of nitrogens with zero attached hydrogens (tertiary/aromatic N) is 1. The highest BCUT2D eigenvalue weighted by Gasteiger charge is 2.23. The Kier molecular flexibility index (Phi) is 8.51. The van der Waals surface area contributed by atoms with Crippen molar-refractivity contribution in [1.82, 2.24) is 10.6 Å². The lowest BCUT2D eigenvalue weighted by atomic mass is 10.00. The normalized spacial score (nSPS) is 12.5. The van der Waals surface area contributed by atoms with Crippen molar-refractivity contribution in [2.75, 3.05) is 13.7 Å². The predicted molar refractivity (Wildman–Crippen MR) is 125 cm³/mol. The second-order valence-corrected chi connectivity index (χ2v) is 7.63. The first-order chi connectivity index (χ1) is 16.0. The number of benzene rings is 3. The molecule has 3 rings (SSSR count). The maximum Gasteiger partial charge on any atom is 0.270 e. The third-order valence-electron chi connectivity index (χ3n) is 5.22. The van der Waals surface area contributed by atoms with Crippen molar-refractivity contribution >= 4 is 11.6 Å². The number of hydrogen-bond acceptors (Lipinski definition) is 6. The Labute approximate surface area is 192 Å². The Morgan fingerprint density at radius 2 is 1.76 bits per heavy atom. The van der Waals surface area contributed by atoms with E-state index in [1.807, 2.05) is 54.6 Å². The van der Waals surface area contributed by atoms with Gasteiger partial charge in [-0.1, -0.05) is 48.5 Å². The van der Waals surface area contributed by atoms with E-state index in [0.29, 0.717) is 13.0 Å². The minimum Gasteiger partial charge on any atom is -0.497 e. The molecule has 0 aliphatic carbocycles. The fourth-order valence-electron chi connectivity index (χ4n) is 3.45. The zero-order chi connectivity index (χ0) is 23.6. The largest absolute Gasteiger partial charge is 0.497 e. The van der Waals surface area contributed by atoms with Crippen LogP contribution in [0.1, 0.15) is 21.5 Å². The number of non-ortho nitro benzene ring substituents is 1. The number of nitro benzene ring substituents is 1.